The van der Waals surface area contributed by atoms with Gasteiger partial charge in [0.2, 0.25) is 0 Å². The van der Waals surface area contributed by atoms with Gasteiger partial charge in [0.05, 0.1) is 7.11 Å². The molecule has 0 aliphatic carbocycles. The van der Waals surface area contributed by atoms with Gasteiger partial charge in [-0.15, -0.1) is 0 Å². The molecule has 1 unspecified atom stereocenters. The standard InChI is InChI=1S/C19H24O/c1-14(16-8-12-18(20-5)13-9-16)15-6-10-17(11-7-15)19(2,3)4/h6-14H,1-5H3. The maximum atomic E-state index is 5.21. The van der Waals surface area contributed by atoms with E-state index in [4.69, 9.17) is 4.74 Å². The van der Waals surface area contributed by atoms with E-state index in [1.807, 2.05) is 12.1 Å². The third-order valence-corrected chi connectivity index (χ3v) is 3.89. The van der Waals surface area contributed by atoms with Gasteiger partial charge in [0.1, 0.15) is 5.75 Å². The Labute approximate surface area is 122 Å². The molecule has 0 amide bonds. The van der Waals surface area contributed by atoms with E-state index in [9.17, 15) is 0 Å². The summed E-state index contributed by atoms with van der Waals surface area (Å²) < 4.78 is 5.21. The Morgan fingerprint density at radius 1 is 0.800 bits per heavy atom. The Morgan fingerprint density at radius 2 is 1.25 bits per heavy atom. The first-order valence-electron chi connectivity index (χ1n) is 7.16. The van der Waals surface area contributed by atoms with Crippen LogP contribution in [0.4, 0.5) is 0 Å². The van der Waals surface area contributed by atoms with Crippen LogP contribution in [0.3, 0.4) is 0 Å². The van der Waals surface area contributed by atoms with E-state index in [0.29, 0.717) is 5.92 Å². The van der Waals surface area contributed by atoms with Crippen LogP contribution in [0.25, 0.3) is 0 Å². The highest BCUT2D eigenvalue weighted by atomic mass is 16.5. The molecule has 0 N–H and O–H groups in total. The molecule has 0 fully saturated rings. The molecule has 2 aromatic rings. The lowest BCUT2D eigenvalue weighted by Gasteiger charge is -2.20. The molecule has 2 rings (SSSR count). The van der Waals surface area contributed by atoms with Gasteiger partial charge < -0.3 is 4.74 Å². The van der Waals surface area contributed by atoms with Crippen molar-refractivity contribution in [2.75, 3.05) is 7.11 Å². The third-order valence-electron chi connectivity index (χ3n) is 3.89. The largest absolute Gasteiger partial charge is 0.497 e. The van der Waals surface area contributed by atoms with Crippen molar-refractivity contribution in [3.05, 3.63) is 65.2 Å². The second kappa shape index (κ2) is 5.70. The van der Waals surface area contributed by atoms with E-state index in [1.165, 1.54) is 16.7 Å². The second-order valence-corrected chi connectivity index (χ2v) is 6.37. The van der Waals surface area contributed by atoms with Crippen molar-refractivity contribution in [2.24, 2.45) is 0 Å². The quantitative estimate of drug-likeness (QED) is 0.748. The van der Waals surface area contributed by atoms with E-state index in [-0.39, 0.29) is 5.41 Å². The highest BCUT2D eigenvalue weighted by Gasteiger charge is 2.14. The van der Waals surface area contributed by atoms with Crippen LogP contribution in [0, 0.1) is 0 Å². The highest BCUT2D eigenvalue weighted by Crippen LogP contribution is 2.28. The molecular weight excluding hydrogens is 244 g/mol. The molecule has 0 bridgehead atoms. The summed E-state index contributed by atoms with van der Waals surface area (Å²) in [6, 6.07) is 17.3. The van der Waals surface area contributed by atoms with Crippen molar-refractivity contribution >= 4 is 0 Å². The molecule has 0 radical (unpaired) electrons. The molecule has 1 heteroatoms. The van der Waals surface area contributed by atoms with Gasteiger partial charge in [-0.05, 0) is 34.2 Å². The van der Waals surface area contributed by atoms with Gasteiger partial charge in [0.15, 0.2) is 0 Å². The van der Waals surface area contributed by atoms with E-state index in [0.717, 1.165) is 5.75 Å². The molecular formula is C19H24O. The topological polar surface area (TPSA) is 9.23 Å². The summed E-state index contributed by atoms with van der Waals surface area (Å²) in [6.45, 7) is 8.98. The van der Waals surface area contributed by atoms with Crippen molar-refractivity contribution in [3.8, 4) is 5.75 Å². The average Bonchev–Trinajstić information content (AvgIpc) is 2.46. The van der Waals surface area contributed by atoms with Crippen LogP contribution < -0.4 is 4.74 Å². The maximum Gasteiger partial charge on any atom is 0.118 e. The minimum Gasteiger partial charge on any atom is -0.497 e. The molecule has 20 heavy (non-hydrogen) atoms. The summed E-state index contributed by atoms with van der Waals surface area (Å²) >= 11 is 0. The van der Waals surface area contributed by atoms with Crippen molar-refractivity contribution < 1.29 is 4.74 Å². The van der Waals surface area contributed by atoms with Crippen LogP contribution in [0.2, 0.25) is 0 Å². The Kier molecular flexibility index (Phi) is 4.17. The monoisotopic (exact) mass is 268 g/mol. The summed E-state index contributed by atoms with van der Waals surface area (Å²) in [4.78, 5) is 0. The predicted molar refractivity (Wildman–Crippen MR) is 85.7 cm³/mol. The van der Waals surface area contributed by atoms with Crippen LogP contribution in [0.1, 0.15) is 50.3 Å². The van der Waals surface area contributed by atoms with E-state index < -0.39 is 0 Å². The number of hydrogen-bond donors (Lipinski definition) is 0. The zero-order valence-electron chi connectivity index (χ0n) is 13.1. The minimum atomic E-state index is 0.210. The first-order chi connectivity index (χ1) is 9.41. The second-order valence-electron chi connectivity index (χ2n) is 6.37. The minimum absolute atomic E-state index is 0.210. The van der Waals surface area contributed by atoms with Crippen molar-refractivity contribution in [1.29, 1.82) is 0 Å². The van der Waals surface area contributed by atoms with Crippen LogP contribution in [0.5, 0.6) is 5.75 Å². The summed E-state index contributed by atoms with van der Waals surface area (Å²) in [5.74, 6) is 1.30. The lowest BCUT2D eigenvalue weighted by atomic mass is 9.85. The van der Waals surface area contributed by atoms with Gasteiger partial charge >= 0.3 is 0 Å². The van der Waals surface area contributed by atoms with Gasteiger partial charge in [-0.1, -0.05) is 64.1 Å². The van der Waals surface area contributed by atoms with Crippen molar-refractivity contribution in [2.45, 2.75) is 39.0 Å². The molecule has 1 nitrogen and oxygen atoms in total. The molecule has 0 heterocycles. The summed E-state index contributed by atoms with van der Waals surface area (Å²) in [6.07, 6.45) is 0. The third kappa shape index (κ3) is 3.22. The zero-order chi connectivity index (χ0) is 14.8. The predicted octanol–water partition coefficient (Wildman–Crippen LogP) is 5.14. The lowest BCUT2D eigenvalue weighted by Crippen LogP contribution is -2.11. The fourth-order valence-electron chi connectivity index (χ4n) is 2.36. The normalized spacial score (nSPS) is 13.1. The molecule has 1 atom stereocenters. The molecule has 0 aliphatic rings. The fourth-order valence-corrected chi connectivity index (χ4v) is 2.36. The Morgan fingerprint density at radius 3 is 1.65 bits per heavy atom. The molecule has 0 aromatic heterocycles. The maximum absolute atomic E-state index is 5.21. The number of hydrogen-bond acceptors (Lipinski definition) is 1. The number of ether oxygens (including phenoxy) is 1. The average molecular weight is 268 g/mol. The van der Waals surface area contributed by atoms with Gasteiger partial charge in [-0.2, -0.15) is 0 Å². The first-order valence-corrected chi connectivity index (χ1v) is 7.16. The molecule has 2 aromatic carbocycles. The van der Waals surface area contributed by atoms with Gasteiger partial charge in [0, 0.05) is 5.92 Å². The number of benzene rings is 2. The zero-order valence-corrected chi connectivity index (χ0v) is 13.1. The molecule has 0 saturated carbocycles. The molecule has 0 saturated heterocycles. The van der Waals surface area contributed by atoms with Crippen LogP contribution in [-0.4, -0.2) is 7.11 Å². The van der Waals surface area contributed by atoms with Gasteiger partial charge in [-0.3, -0.25) is 0 Å². The Balaban J connectivity index is 2.22. The summed E-state index contributed by atoms with van der Waals surface area (Å²) in [7, 11) is 1.70. The highest BCUT2D eigenvalue weighted by molar-refractivity contribution is 5.37. The number of methoxy groups -OCH3 is 1. The fraction of sp³-hybridized carbons (Fsp3) is 0.368. The van der Waals surface area contributed by atoms with Crippen LogP contribution >= 0.6 is 0 Å². The van der Waals surface area contributed by atoms with E-state index >= 15 is 0 Å². The van der Waals surface area contributed by atoms with E-state index in [1.54, 1.807) is 7.11 Å². The molecule has 0 spiro atoms. The Bertz CT molecular complexity index is 544. The molecule has 106 valence electrons. The Hall–Kier alpha value is -1.76. The van der Waals surface area contributed by atoms with Gasteiger partial charge in [-0.25, -0.2) is 0 Å². The van der Waals surface area contributed by atoms with Crippen molar-refractivity contribution in [3.63, 3.8) is 0 Å². The van der Waals surface area contributed by atoms with E-state index in [2.05, 4.69) is 64.1 Å². The summed E-state index contributed by atoms with van der Waals surface area (Å²) in [5, 5.41) is 0. The first kappa shape index (κ1) is 14.6. The van der Waals surface area contributed by atoms with Crippen LogP contribution in [-0.2, 0) is 5.41 Å². The lowest BCUT2D eigenvalue weighted by molar-refractivity contribution is 0.414. The van der Waals surface area contributed by atoms with Gasteiger partial charge in [0.25, 0.3) is 0 Å². The molecule has 0 aliphatic heterocycles. The number of rotatable bonds is 3. The summed E-state index contributed by atoms with van der Waals surface area (Å²) in [5.41, 5.74) is 4.25. The SMILES string of the molecule is COc1ccc(C(C)c2ccc(C(C)(C)C)cc2)cc1. The van der Waals surface area contributed by atoms with Crippen LogP contribution in [0.15, 0.2) is 48.5 Å². The smallest absolute Gasteiger partial charge is 0.118 e. The van der Waals surface area contributed by atoms with Crippen molar-refractivity contribution in [1.82, 2.24) is 0 Å².